The molecule has 8 heteroatoms. The molecule has 0 aliphatic carbocycles. The van der Waals surface area contributed by atoms with E-state index in [9.17, 15) is 18.7 Å². The van der Waals surface area contributed by atoms with Gasteiger partial charge in [0.1, 0.15) is 0 Å². The zero-order valence-corrected chi connectivity index (χ0v) is 14.8. The van der Waals surface area contributed by atoms with Gasteiger partial charge in [-0.05, 0) is 18.9 Å². The lowest BCUT2D eigenvalue weighted by Gasteiger charge is -2.41. The van der Waals surface area contributed by atoms with E-state index in [0.717, 1.165) is 32.2 Å². The molecule has 1 aromatic rings. The van der Waals surface area contributed by atoms with Gasteiger partial charge < -0.3 is 15.3 Å². The van der Waals surface area contributed by atoms with E-state index in [4.69, 9.17) is 0 Å². The summed E-state index contributed by atoms with van der Waals surface area (Å²) in [4.78, 5) is 16.2. The average Bonchev–Trinajstić information content (AvgIpc) is 2.57. The van der Waals surface area contributed by atoms with Crippen molar-refractivity contribution in [1.82, 2.24) is 15.1 Å². The van der Waals surface area contributed by atoms with Crippen LogP contribution in [0.25, 0.3) is 0 Å². The summed E-state index contributed by atoms with van der Waals surface area (Å²) in [6.07, 6.45) is 1.04. The maximum Gasteiger partial charge on any atom is 0.256 e. The largest absolute Gasteiger partial charge is 0.379 e. The number of carbonyl (C=O) groups is 1. The number of aliphatic hydroxyl groups is 1. The molecule has 0 spiro atoms. The number of halogens is 3. The van der Waals surface area contributed by atoms with Gasteiger partial charge in [-0.15, -0.1) is 12.4 Å². The minimum atomic E-state index is -1.45. The Hall–Kier alpha value is -1.28. The summed E-state index contributed by atoms with van der Waals surface area (Å²) in [5, 5.41) is 14.1. The van der Waals surface area contributed by atoms with Gasteiger partial charge in [0.05, 0.1) is 0 Å². The first-order chi connectivity index (χ1) is 11.5. The molecule has 1 aromatic carbocycles. The van der Waals surface area contributed by atoms with Crippen LogP contribution in [-0.4, -0.2) is 65.7 Å². The van der Waals surface area contributed by atoms with Crippen LogP contribution in [0.3, 0.4) is 0 Å². The van der Waals surface area contributed by atoms with E-state index < -0.39 is 23.1 Å². The Morgan fingerprint density at radius 3 is 2.64 bits per heavy atom. The molecule has 2 aliphatic rings. The summed E-state index contributed by atoms with van der Waals surface area (Å²) in [7, 11) is 0. The van der Waals surface area contributed by atoms with Crippen LogP contribution in [0.2, 0.25) is 0 Å². The van der Waals surface area contributed by atoms with E-state index in [-0.39, 0.29) is 31.1 Å². The number of piperidine rings is 1. The highest BCUT2D eigenvalue weighted by Crippen LogP contribution is 2.26. The van der Waals surface area contributed by atoms with Crippen molar-refractivity contribution in [2.75, 3.05) is 39.3 Å². The number of benzene rings is 1. The second-order valence-corrected chi connectivity index (χ2v) is 6.60. The molecule has 2 heterocycles. The Morgan fingerprint density at radius 2 is 1.92 bits per heavy atom. The summed E-state index contributed by atoms with van der Waals surface area (Å²) in [6.45, 7) is 3.95. The highest BCUT2D eigenvalue weighted by Gasteiger charge is 2.43. The van der Waals surface area contributed by atoms with Gasteiger partial charge in [0.25, 0.3) is 5.91 Å². The van der Waals surface area contributed by atoms with Crippen molar-refractivity contribution in [3.05, 3.63) is 35.4 Å². The Labute approximate surface area is 152 Å². The normalized spacial score (nSPS) is 24.9. The van der Waals surface area contributed by atoms with Gasteiger partial charge in [-0.2, -0.15) is 0 Å². The summed E-state index contributed by atoms with van der Waals surface area (Å²) < 4.78 is 27.2. The smallest absolute Gasteiger partial charge is 0.256 e. The third kappa shape index (κ3) is 4.47. The molecule has 1 amide bonds. The third-order valence-corrected chi connectivity index (χ3v) is 4.79. The van der Waals surface area contributed by atoms with E-state index in [2.05, 4.69) is 10.2 Å². The van der Waals surface area contributed by atoms with Crippen molar-refractivity contribution < 1.29 is 18.7 Å². The van der Waals surface area contributed by atoms with Crippen LogP contribution in [0.5, 0.6) is 0 Å². The molecular weight excluding hydrogens is 352 g/mol. The molecule has 2 aliphatic heterocycles. The van der Waals surface area contributed by atoms with E-state index in [1.54, 1.807) is 0 Å². The van der Waals surface area contributed by atoms with Gasteiger partial charge >= 0.3 is 0 Å². The predicted octanol–water partition coefficient (Wildman–Crippen LogP) is 1.15. The van der Waals surface area contributed by atoms with Crippen LogP contribution in [0.1, 0.15) is 18.4 Å². The van der Waals surface area contributed by atoms with Crippen LogP contribution < -0.4 is 5.32 Å². The second kappa shape index (κ2) is 8.40. The molecule has 0 saturated carbocycles. The van der Waals surface area contributed by atoms with Gasteiger partial charge in [-0.1, -0.05) is 12.1 Å². The van der Waals surface area contributed by atoms with Crippen molar-refractivity contribution in [3.63, 3.8) is 0 Å². The minimum absolute atomic E-state index is 0. The van der Waals surface area contributed by atoms with E-state index in [1.165, 1.54) is 17.0 Å². The molecule has 2 N–H and O–H groups in total. The molecular formula is C17H24ClF2N3O2. The number of likely N-dealkylation sites (tertiary alicyclic amines) is 1. The number of carbonyl (C=O) groups excluding carboxylic acids is 1. The number of amides is 1. The highest BCUT2D eigenvalue weighted by molar-refractivity contribution is 5.86. The van der Waals surface area contributed by atoms with Gasteiger partial charge in [0.15, 0.2) is 17.2 Å². The number of piperazine rings is 1. The minimum Gasteiger partial charge on any atom is -0.379 e. The average molecular weight is 376 g/mol. The third-order valence-electron chi connectivity index (χ3n) is 4.79. The summed E-state index contributed by atoms with van der Waals surface area (Å²) in [5.74, 6) is -2.24. The number of nitrogens with one attached hydrogen (secondary N) is 1. The first-order valence-corrected chi connectivity index (χ1v) is 8.37. The summed E-state index contributed by atoms with van der Waals surface area (Å²) >= 11 is 0. The molecule has 140 valence electrons. The molecule has 1 atom stereocenters. The molecule has 0 radical (unpaired) electrons. The zero-order valence-electron chi connectivity index (χ0n) is 14.0. The van der Waals surface area contributed by atoms with Gasteiger partial charge in [-0.3, -0.25) is 9.69 Å². The Balaban J connectivity index is 0.00000225. The topological polar surface area (TPSA) is 55.8 Å². The number of rotatable bonds is 4. The lowest BCUT2D eigenvalue weighted by Crippen LogP contribution is -2.60. The number of hydrogen-bond acceptors (Lipinski definition) is 4. The first-order valence-electron chi connectivity index (χ1n) is 8.37. The van der Waals surface area contributed by atoms with Crippen LogP contribution in [0.15, 0.2) is 18.2 Å². The van der Waals surface area contributed by atoms with Gasteiger partial charge in [-0.25, -0.2) is 8.78 Å². The standard InChI is InChI=1S/C17H23F2N3O2.ClH/c18-14-4-1-3-13(15(14)19)11-22-8-2-5-17(24,16(22)23)12-21-9-6-20-7-10-21;/h1,3-4,20,24H,2,5-12H2;1H. The number of β-amino-alcohol motifs (C(OH)–C–C–N with tert-alkyl or cyclic N) is 1. The second-order valence-electron chi connectivity index (χ2n) is 6.60. The van der Waals surface area contributed by atoms with E-state index in [0.29, 0.717) is 19.4 Å². The molecule has 3 rings (SSSR count). The van der Waals surface area contributed by atoms with Crippen LogP contribution in [0, 0.1) is 11.6 Å². The van der Waals surface area contributed by atoms with Gasteiger partial charge in [0.2, 0.25) is 0 Å². The van der Waals surface area contributed by atoms with E-state index >= 15 is 0 Å². The van der Waals surface area contributed by atoms with Gasteiger partial charge in [0, 0.05) is 51.4 Å². The Kier molecular flexibility index (Phi) is 6.73. The van der Waals surface area contributed by atoms with Crippen LogP contribution in [-0.2, 0) is 11.3 Å². The number of hydrogen-bond donors (Lipinski definition) is 2. The Bertz CT molecular complexity index is 614. The Morgan fingerprint density at radius 1 is 1.20 bits per heavy atom. The molecule has 1 unspecified atom stereocenters. The van der Waals surface area contributed by atoms with Crippen molar-refractivity contribution in [1.29, 1.82) is 0 Å². The number of nitrogens with zero attached hydrogens (tertiary/aromatic N) is 2. The van der Waals surface area contributed by atoms with Crippen LogP contribution >= 0.6 is 12.4 Å². The molecule has 25 heavy (non-hydrogen) atoms. The van der Waals surface area contributed by atoms with Crippen molar-refractivity contribution in [2.45, 2.75) is 25.0 Å². The monoisotopic (exact) mass is 375 g/mol. The quantitative estimate of drug-likeness (QED) is 0.829. The molecule has 0 aromatic heterocycles. The SMILES string of the molecule is Cl.O=C1N(Cc2cccc(F)c2F)CCCC1(O)CN1CCNCC1. The first kappa shape index (κ1) is 20.0. The fourth-order valence-electron chi connectivity index (χ4n) is 3.48. The summed E-state index contributed by atoms with van der Waals surface area (Å²) in [5.41, 5.74) is -1.31. The lowest BCUT2D eigenvalue weighted by atomic mass is 9.90. The fraction of sp³-hybridized carbons (Fsp3) is 0.588. The lowest BCUT2D eigenvalue weighted by molar-refractivity contribution is -0.160. The van der Waals surface area contributed by atoms with Crippen LogP contribution in [0.4, 0.5) is 8.78 Å². The zero-order chi connectivity index (χ0) is 17.2. The molecule has 2 fully saturated rings. The maximum atomic E-state index is 13.9. The highest BCUT2D eigenvalue weighted by atomic mass is 35.5. The van der Waals surface area contributed by atoms with E-state index in [1.807, 2.05) is 0 Å². The van der Waals surface area contributed by atoms with Crippen molar-refractivity contribution in [3.8, 4) is 0 Å². The maximum absolute atomic E-state index is 13.9. The molecule has 2 saturated heterocycles. The van der Waals surface area contributed by atoms with Crippen molar-refractivity contribution >= 4 is 18.3 Å². The molecule has 0 bridgehead atoms. The van der Waals surface area contributed by atoms with Crippen molar-refractivity contribution in [2.24, 2.45) is 0 Å². The summed E-state index contributed by atoms with van der Waals surface area (Å²) in [6, 6.07) is 3.95. The molecule has 5 nitrogen and oxygen atoms in total. The fourth-order valence-corrected chi connectivity index (χ4v) is 3.48. The predicted molar refractivity (Wildman–Crippen MR) is 92.5 cm³/mol.